The lowest BCUT2D eigenvalue weighted by atomic mass is 10.1. The number of carbonyl (C=O) groups is 1. The second-order valence-corrected chi connectivity index (χ2v) is 8.90. The molecule has 1 amide bonds. The first-order valence-electron chi connectivity index (χ1n) is 11.7. The second-order valence-electron chi connectivity index (χ2n) is 8.90. The number of carbonyl (C=O) groups excluding carboxylic acids is 1. The largest absolute Gasteiger partial charge is 0.497 e. The minimum Gasteiger partial charge on any atom is -0.497 e. The van der Waals surface area contributed by atoms with Crippen LogP contribution in [0.5, 0.6) is 23.0 Å². The second kappa shape index (κ2) is 9.33. The highest BCUT2D eigenvalue weighted by Gasteiger charge is 2.32. The minimum atomic E-state index is -0.0131. The zero-order chi connectivity index (χ0) is 24.5. The number of nitrogens with zero attached hydrogens (tertiary/aromatic N) is 3. The maximum absolute atomic E-state index is 13.3. The van der Waals surface area contributed by atoms with Crippen LogP contribution >= 0.6 is 0 Å². The Morgan fingerprint density at radius 2 is 1.77 bits per heavy atom. The molecule has 1 fully saturated rings. The van der Waals surface area contributed by atoms with Gasteiger partial charge < -0.3 is 24.0 Å². The molecule has 7 nitrogen and oxygen atoms in total. The summed E-state index contributed by atoms with van der Waals surface area (Å²) in [6, 6.07) is 19.1. The summed E-state index contributed by atoms with van der Waals surface area (Å²) in [6.45, 7) is 5.98. The van der Waals surface area contributed by atoms with Crippen molar-refractivity contribution in [3.8, 4) is 23.0 Å². The van der Waals surface area contributed by atoms with Crippen molar-refractivity contribution < 1.29 is 19.0 Å². The van der Waals surface area contributed by atoms with Crippen LogP contribution in [0.4, 0.5) is 5.69 Å². The third kappa shape index (κ3) is 4.41. The zero-order valence-corrected chi connectivity index (χ0v) is 20.4. The number of methoxy groups -OCH3 is 2. The normalized spacial score (nSPS) is 16.9. The fourth-order valence-electron chi connectivity index (χ4n) is 4.60. The number of ether oxygens (including phenoxy) is 3. The average molecular weight is 472 g/mol. The number of fused-ring (bicyclic) bond motifs is 2. The van der Waals surface area contributed by atoms with Crippen LogP contribution in [-0.2, 0) is 0 Å². The van der Waals surface area contributed by atoms with Crippen LogP contribution in [0.2, 0.25) is 0 Å². The van der Waals surface area contributed by atoms with Crippen LogP contribution in [0.15, 0.2) is 65.7 Å². The van der Waals surface area contributed by atoms with E-state index in [0.29, 0.717) is 30.9 Å². The Morgan fingerprint density at radius 3 is 2.54 bits per heavy atom. The minimum absolute atomic E-state index is 0.00470. The predicted octanol–water partition coefficient (Wildman–Crippen LogP) is 5.04. The molecule has 2 aliphatic rings. The van der Waals surface area contributed by atoms with Crippen LogP contribution in [0.3, 0.4) is 0 Å². The van der Waals surface area contributed by atoms with Gasteiger partial charge in [-0.1, -0.05) is 12.1 Å². The molecule has 0 bridgehead atoms. The summed E-state index contributed by atoms with van der Waals surface area (Å²) in [4.78, 5) is 22.5. The van der Waals surface area contributed by atoms with Crippen molar-refractivity contribution in [1.82, 2.24) is 9.80 Å². The Balaban J connectivity index is 1.46. The number of hydrogen-bond acceptors (Lipinski definition) is 6. The lowest BCUT2D eigenvalue weighted by Gasteiger charge is -2.41. The number of aryl methyl sites for hydroxylation is 1. The smallest absolute Gasteiger partial charge is 0.254 e. The van der Waals surface area contributed by atoms with Gasteiger partial charge in [-0.3, -0.25) is 4.79 Å². The van der Waals surface area contributed by atoms with Gasteiger partial charge in [0.1, 0.15) is 28.8 Å². The zero-order valence-electron chi connectivity index (χ0n) is 20.4. The van der Waals surface area contributed by atoms with Crippen molar-refractivity contribution in [2.45, 2.75) is 19.9 Å². The van der Waals surface area contributed by atoms with Crippen LogP contribution < -0.4 is 14.2 Å². The van der Waals surface area contributed by atoms with E-state index in [2.05, 4.69) is 11.8 Å². The molecule has 5 rings (SSSR count). The molecule has 1 saturated heterocycles. The van der Waals surface area contributed by atoms with E-state index in [-0.39, 0.29) is 11.9 Å². The Bertz CT molecular complexity index is 1300. The van der Waals surface area contributed by atoms with E-state index in [0.717, 1.165) is 39.9 Å². The van der Waals surface area contributed by atoms with Gasteiger partial charge in [0.05, 0.1) is 19.8 Å². The molecule has 0 spiro atoms. The summed E-state index contributed by atoms with van der Waals surface area (Å²) < 4.78 is 17.1. The summed E-state index contributed by atoms with van der Waals surface area (Å²) in [5, 5.41) is 0. The monoisotopic (exact) mass is 471 g/mol. The third-order valence-electron chi connectivity index (χ3n) is 6.49. The van der Waals surface area contributed by atoms with Crippen molar-refractivity contribution in [3.63, 3.8) is 0 Å². The van der Waals surface area contributed by atoms with Gasteiger partial charge in [0.15, 0.2) is 5.75 Å². The molecule has 2 aliphatic heterocycles. The van der Waals surface area contributed by atoms with Gasteiger partial charge in [0.2, 0.25) is 0 Å². The standard InChI is InChI=1S/C28H29N3O4/c1-18-8-10-24-26(14-18)35-25-11-9-22(34-4)16-23(25)27(29-24)30-12-13-31(19(2)17-30)28(32)20-6-5-7-21(15-20)33-3/h5-11,14-16,19H,12-13,17H2,1-4H3. The van der Waals surface area contributed by atoms with Crippen molar-refractivity contribution in [2.24, 2.45) is 4.99 Å². The first-order valence-corrected chi connectivity index (χ1v) is 11.7. The molecule has 0 saturated carbocycles. The van der Waals surface area contributed by atoms with Gasteiger partial charge in [0, 0.05) is 31.2 Å². The van der Waals surface area contributed by atoms with E-state index in [1.165, 1.54) is 0 Å². The van der Waals surface area contributed by atoms with Gasteiger partial charge >= 0.3 is 0 Å². The Morgan fingerprint density at radius 1 is 0.971 bits per heavy atom. The van der Waals surface area contributed by atoms with Crippen molar-refractivity contribution >= 4 is 17.4 Å². The van der Waals surface area contributed by atoms with Crippen LogP contribution in [0.1, 0.15) is 28.4 Å². The highest BCUT2D eigenvalue weighted by molar-refractivity contribution is 6.04. The van der Waals surface area contributed by atoms with Crippen molar-refractivity contribution in [2.75, 3.05) is 33.9 Å². The molecule has 3 aromatic carbocycles. The molecule has 0 aliphatic carbocycles. The fraction of sp³-hybridized carbons (Fsp3) is 0.286. The Hall–Kier alpha value is -4.00. The first kappa shape index (κ1) is 22.8. The van der Waals surface area contributed by atoms with Crippen LogP contribution in [0, 0.1) is 6.92 Å². The fourth-order valence-corrected chi connectivity index (χ4v) is 4.60. The first-order chi connectivity index (χ1) is 17.0. The molecule has 35 heavy (non-hydrogen) atoms. The molecule has 3 aromatic rings. The summed E-state index contributed by atoms with van der Waals surface area (Å²) >= 11 is 0. The lowest BCUT2D eigenvalue weighted by molar-refractivity contribution is 0.0581. The molecular weight excluding hydrogens is 442 g/mol. The summed E-state index contributed by atoms with van der Waals surface area (Å²) in [5.74, 6) is 3.70. The number of benzene rings is 3. The number of amidine groups is 1. The Kier molecular flexibility index (Phi) is 6.07. The van der Waals surface area contributed by atoms with E-state index in [1.807, 2.05) is 66.4 Å². The number of amides is 1. The molecule has 7 heteroatoms. The van der Waals surface area contributed by atoms with Crippen LogP contribution in [0.25, 0.3) is 0 Å². The lowest BCUT2D eigenvalue weighted by Crippen LogP contribution is -2.55. The molecule has 0 N–H and O–H groups in total. The summed E-state index contributed by atoms with van der Waals surface area (Å²) in [7, 11) is 3.26. The summed E-state index contributed by atoms with van der Waals surface area (Å²) in [5.41, 5.74) is 3.39. The van der Waals surface area contributed by atoms with Gasteiger partial charge in [-0.25, -0.2) is 4.99 Å². The third-order valence-corrected chi connectivity index (χ3v) is 6.49. The van der Waals surface area contributed by atoms with Gasteiger partial charge in [-0.05, 0) is 67.9 Å². The SMILES string of the molecule is COc1cccc(C(=O)N2CCN(C3=Nc4ccc(C)cc4Oc4ccc(OC)cc43)CC2C)c1. The molecule has 1 unspecified atom stereocenters. The van der Waals surface area contributed by atoms with E-state index < -0.39 is 0 Å². The van der Waals surface area contributed by atoms with Gasteiger partial charge in [0.25, 0.3) is 5.91 Å². The Labute approximate surface area is 205 Å². The molecule has 180 valence electrons. The average Bonchev–Trinajstić information content (AvgIpc) is 3.04. The highest BCUT2D eigenvalue weighted by Crippen LogP contribution is 2.40. The maximum Gasteiger partial charge on any atom is 0.254 e. The highest BCUT2D eigenvalue weighted by atomic mass is 16.5. The number of rotatable bonds is 3. The van der Waals surface area contributed by atoms with Crippen LogP contribution in [-0.4, -0.2) is 61.4 Å². The van der Waals surface area contributed by atoms with E-state index in [4.69, 9.17) is 19.2 Å². The molecule has 1 atom stereocenters. The molecule has 2 heterocycles. The molecule has 0 aromatic heterocycles. The topological polar surface area (TPSA) is 63.6 Å². The van der Waals surface area contributed by atoms with E-state index in [9.17, 15) is 4.79 Å². The maximum atomic E-state index is 13.3. The quantitative estimate of drug-likeness (QED) is 0.535. The number of aliphatic imine (C=N–C) groups is 1. The van der Waals surface area contributed by atoms with E-state index >= 15 is 0 Å². The number of hydrogen-bond donors (Lipinski definition) is 0. The van der Waals surface area contributed by atoms with E-state index in [1.54, 1.807) is 20.3 Å². The number of piperazine rings is 1. The molecular formula is C28H29N3O4. The van der Waals surface area contributed by atoms with Gasteiger partial charge in [-0.15, -0.1) is 0 Å². The van der Waals surface area contributed by atoms with Crippen molar-refractivity contribution in [3.05, 3.63) is 77.4 Å². The van der Waals surface area contributed by atoms with Gasteiger partial charge in [-0.2, -0.15) is 0 Å². The predicted molar refractivity (Wildman–Crippen MR) is 136 cm³/mol. The van der Waals surface area contributed by atoms with Crippen molar-refractivity contribution in [1.29, 1.82) is 0 Å². The summed E-state index contributed by atoms with van der Waals surface area (Å²) in [6.07, 6.45) is 0. The molecule has 0 radical (unpaired) electrons.